The van der Waals surface area contributed by atoms with Crippen LogP contribution in [0.25, 0.3) is 0 Å². The van der Waals surface area contributed by atoms with E-state index < -0.39 is 0 Å². The van der Waals surface area contributed by atoms with Crippen molar-refractivity contribution in [1.82, 2.24) is 0 Å². The Labute approximate surface area is 82.9 Å². The van der Waals surface area contributed by atoms with Crippen LogP contribution in [0.2, 0.25) is 0 Å². The summed E-state index contributed by atoms with van der Waals surface area (Å²) in [6.07, 6.45) is 7.64. The Morgan fingerprint density at radius 1 is 1.08 bits per heavy atom. The Morgan fingerprint density at radius 3 is 1.58 bits per heavy atom. The Bertz CT molecular complexity index is 138. The maximum absolute atomic E-state index is 7.50. The fourth-order valence-corrected chi connectivity index (χ4v) is 1.00. The molecule has 62 valence electrons. The van der Waals surface area contributed by atoms with Gasteiger partial charge in [0.15, 0.2) is 0 Å². The molecular formula is C8H5O3Re. The third-order valence-corrected chi connectivity index (χ3v) is 1.73. The van der Waals surface area contributed by atoms with Gasteiger partial charge >= 0.3 is 47.9 Å². The van der Waals surface area contributed by atoms with Gasteiger partial charge in [0.25, 0.3) is 20.4 Å². The molecule has 0 fully saturated rings. The third-order valence-electron chi connectivity index (χ3n) is 0.726. The molecule has 12 heavy (non-hydrogen) atoms. The predicted molar refractivity (Wildman–Crippen MR) is 38.9 cm³/mol. The first-order valence-corrected chi connectivity index (χ1v) is 3.88. The van der Waals surface area contributed by atoms with E-state index in [-0.39, 0.29) is 0 Å². The van der Waals surface area contributed by atoms with Crippen LogP contribution in [0, 0.1) is 0 Å². The zero-order valence-corrected chi connectivity index (χ0v) is 8.76. The van der Waals surface area contributed by atoms with E-state index in [4.69, 9.17) is 14.4 Å². The number of rotatable bonds is 0. The summed E-state index contributed by atoms with van der Waals surface area (Å²) in [7, 11) is 0. The van der Waals surface area contributed by atoms with Crippen molar-refractivity contribution in [3.8, 4) is 0 Å². The van der Waals surface area contributed by atoms with Crippen molar-refractivity contribution in [2.24, 2.45) is 0 Å². The molecule has 0 spiro atoms. The van der Waals surface area contributed by atoms with E-state index in [0.29, 0.717) is 0 Å². The predicted octanol–water partition coefficient (Wildman–Crippen LogP) is 0.186. The molecule has 0 aromatic carbocycles. The van der Waals surface area contributed by atoms with Crippen LogP contribution in [-0.4, -0.2) is 20.4 Å². The summed E-state index contributed by atoms with van der Waals surface area (Å²) in [5, 5.41) is 0. The normalized spacial score (nSPS) is 10.2. The van der Waals surface area contributed by atoms with E-state index in [1.807, 2.05) is 0 Å². The van der Waals surface area contributed by atoms with Crippen LogP contribution >= 0.6 is 0 Å². The van der Waals surface area contributed by atoms with Crippen LogP contribution in [-0.2, 0) is 33.6 Å². The molecule has 0 amide bonds. The molecule has 0 aromatic heterocycles. The molecular weight excluding hydrogens is 330 g/mol. The van der Waals surface area contributed by atoms with Gasteiger partial charge < -0.3 is 0 Å². The Kier molecular flexibility index (Phi) is 32.4. The summed E-state index contributed by atoms with van der Waals surface area (Å²) in [6.45, 7) is 13.5. The van der Waals surface area contributed by atoms with Crippen molar-refractivity contribution in [2.45, 2.75) is 6.42 Å². The second kappa shape index (κ2) is 22.5. The van der Waals surface area contributed by atoms with E-state index in [2.05, 4.69) is 38.6 Å². The number of carbonyl (C=O) groups excluding carboxylic acids is 3. The van der Waals surface area contributed by atoms with Crippen molar-refractivity contribution >= 4 is 20.4 Å². The third kappa shape index (κ3) is 16.1. The molecule has 0 aromatic rings. The Balaban J connectivity index is -0.000000117. The van der Waals surface area contributed by atoms with Gasteiger partial charge in [-0.15, -0.1) is 0 Å². The van der Waals surface area contributed by atoms with E-state index in [9.17, 15) is 0 Å². The topological polar surface area (TPSA) is 51.2 Å². The van der Waals surface area contributed by atoms with Crippen LogP contribution in [0.5, 0.6) is 0 Å². The van der Waals surface area contributed by atoms with E-state index in [1.165, 1.54) is 10.5 Å². The van der Waals surface area contributed by atoms with Crippen LogP contribution in [0.3, 0.4) is 0 Å². The molecule has 6 radical (unpaired) electrons. The van der Waals surface area contributed by atoms with Crippen molar-refractivity contribution in [3.05, 3.63) is 22.3 Å². The SMILES string of the molecule is [C]=O.[C]=O.[C]=O.[Re][C]1=CC=CC1. The van der Waals surface area contributed by atoms with Gasteiger partial charge in [0, 0.05) is 0 Å². The zero-order chi connectivity index (χ0) is 10.4. The van der Waals surface area contributed by atoms with Gasteiger partial charge in [-0.05, 0) is 0 Å². The van der Waals surface area contributed by atoms with Crippen LogP contribution in [0.4, 0.5) is 0 Å². The van der Waals surface area contributed by atoms with Gasteiger partial charge in [-0.2, -0.15) is 0 Å². The van der Waals surface area contributed by atoms with Crippen molar-refractivity contribution in [1.29, 1.82) is 0 Å². The fraction of sp³-hybridized carbons (Fsp3) is 0.125. The standard InChI is InChI=1S/C5H5.3CO.Re/c1-2-4-5-3-1;3*1-2;/h1-3H,4H2;;;;. The first-order valence-electron chi connectivity index (χ1n) is 2.52. The van der Waals surface area contributed by atoms with Crippen LogP contribution in [0.1, 0.15) is 6.42 Å². The molecule has 1 aliphatic carbocycles. The minimum atomic E-state index is 1.19. The quantitative estimate of drug-likeness (QED) is 0.635. The van der Waals surface area contributed by atoms with Crippen molar-refractivity contribution in [3.63, 3.8) is 0 Å². The van der Waals surface area contributed by atoms with Crippen LogP contribution in [0.15, 0.2) is 22.3 Å². The van der Waals surface area contributed by atoms with Crippen molar-refractivity contribution in [2.75, 3.05) is 0 Å². The van der Waals surface area contributed by atoms with E-state index in [1.54, 1.807) is 19.2 Å². The van der Waals surface area contributed by atoms with Gasteiger partial charge in [-0.25, -0.2) is 0 Å². The zero-order valence-electron chi connectivity index (χ0n) is 6.04. The summed E-state index contributed by atoms with van der Waals surface area (Å²) in [5.41, 5.74) is 0. The number of hydrogen-bond donors (Lipinski definition) is 0. The molecule has 0 saturated carbocycles. The number of hydrogen-bond acceptors (Lipinski definition) is 3. The minimum absolute atomic E-state index is 1.19. The van der Waals surface area contributed by atoms with Gasteiger partial charge in [-0.3, -0.25) is 14.4 Å². The van der Waals surface area contributed by atoms with Gasteiger partial charge in [-0.1, -0.05) is 0 Å². The van der Waals surface area contributed by atoms with Crippen molar-refractivity contribution < 1.29 is 33.6 Å². The molecule has 0 N–H and O–H groups in total. The second-order valence-electron chi connectivity index (χ2n) is 1.25. The molecule has 1 aliphatic rings. The molecule has 3 nitrogen and oxygen atoms in total. The first-order chi connectivity index (χ1) is 5.89. The molecule has 0 bridgehead atoms. The summed E-state index contributed by atoms with van der Waals surface area (Å²) in [5.74, 6) is 0. The van der Waals surface area contributed by atoms with Crippen LogP contribution < -0.4 is 0 Å². The summed E-state index contributed by atoms with van der Waals surface area (Å²) < 4.78 is 1.52. The molecule has 0 unspecified atom stereocenters. The molecule has 0 atom stereocenters. The second-order valence-corrected chi connectivity index (χ2v) is 2.99. The summed E-state index contributed by atoms with van der Waals surface area (Å²) in [6, 6.07) is 0. The van der Waals surface area contributed by atoms with E-state index >= 15 is 0 Å². The molecule has 0 saturated heterocycles. The van der Waals surface area contributed by atoms with Gasteiger partial charge in [0.2, 0.25) is 0 Å². The molecule has 1 rings (SSSR count). The fourth-order valence-electron chi connectivity index (χ4n) is 0.421. The summed E-state index contributed by atoms with van der Waals surface area (Å²) >= 11 is 1.78. The van der Waals surface area contributed by atoms with Gasteiger partial charge in [0.05, 0.1) is 0 Å². The molecule has 0 aliphatic heterocycles. The monoisotopic (exact) mass is 336 g/mol. The van der Waals surface area contributed by atoms with Gasteiger partial charge in [0.1, 0.15) is 0 Å². The molecule has 0 heterocycles. The maximum atomic E-state index is 7.50. The first kappa shape index (κ1) is 17.3. The Morgan fingerprint density at radius 2 is 1.50 bits per heavy atom. The van der Waals surface area contributed by atoms with E-state index in [0.717, 1.165) is 0 Å². The molecule has 4 heteroatoms. The number of allylic oxidation sites excluding steroid dienone is 4. The Hall–Kier alpha value is -0.848. The average molecular weight is 335 g/mol. The average Bonchev–Trinajstić information content (AvgIpc) is 2.66. The summed E-state index contributed by atoms with van der Waals surface area (Å²) in [4.78, 5) is 22.5.